The van der Waals surface area contributed by atoms with Crippen LogP contribution in [0, 0.1) is 12.8 Å². The van der Waals surface area contributed by atoms with Crippen LogP contribution in [0.3, 0.4) is 0 Å². The van der Waals surface area contributed by atoms with Gasteiger partial charge in [0.15, 0.2) is 0 Å². The largest absolute Gasteiger partial charge is 0.387 e. The number of rotatable bonds is 5. The van der Waals surface area contributed by atoms with Crippen molar-refractivity contribution in [2.45, 2.75) is 39.8 Å². The molecule has 1 unspecified atom stereocenters. The Bertz CT molecular complexity index is 641. The minimum Gasteiger partial charge on any atom is -0.387 e. The van der Waals surface area contributed by atoms with Gasteiger partial charge in [-0.25, -0.2) is 0 Å². The topological polar surface area (TPSA) is 42.2 Å². The van der Waals surface area contributed by atoms with Crippen LogP contribution in [0.25, 0.3) is 0 Å². The fraction of sp³-hybridized carbons (Fsp3) is 0.389. The van der Waals surface area contributed by atoms with Gasteiger partial charge in [0, 0.05) is 11.8 Å². The first-order valence-corrected chi connectivity index (χ1v) is 7.40. The minimum atomic E-state index is -0.669. The summed E-state index contributed by atoms with van der Waals surface area (Å²) in [6.07, 6.45) is 2.08. The van der Waals surface area contributed by atoms with Crippen LogP contribution < -0.4 is 5.56 Å². The minimum absolute atomic E-state index is 0.0482. The molecular formula is C18H23NO2. The number of aryl methyl sites for hydroxylation is 1. The second-order valence-corrected chi connectivity index (χ2v) is 6.00. The van der Waals surface area contributed by atoms with Gasteiger partial charge in [0.25, 0.3) is 5.56 Å². The predicted molar refractivity (Wildman–Crippen MR) is 85.4 cm³/mol. The summed E-state index contributed by atoms with van der Waals surface area (Å²) < 4.78 is 1.56. The second kappa shape index (κ2) is 6.72. The zero-order valence-electron chi connectivity index (χ0n) is 12.9. The number of aliphatic hydroxyl groups excluding tert-OH is 1. The van der Waals surface area contributed by atoms with Gasteiger partial charge < -0.3 is 9.67 Å². The summed E-state index contributed by atoms with van der Waals surface area (Å²) in [6.45, 7) is 6.44. The first-order valence-electron chi connectivity index (χ1n) is 7.40. The van der Waals surface area contributed by atoms with E-state index >= 15 is 0 Å². The monoisotopic (exact) mass is 285 g/mol. The van der Waals surface area contributed by atoms with E-state index < -0.39 is 6.10 Å². The van der Waals surface area contributed by atoms with Gasteiger partial charge in [-0.2, -0.15) is 0 Å². The smallest absolute Gasteiger partial charge is 0.253 e. The Balaban J connectivity index is 2.11. The van der Waals surface area contributed by atoms with Crippen molar-refractivity contribution in [1.29, 1.82) is 0 Å². The van der Waals surface area contributed by atoms with Crippen LogP contribution in [-0.2, 0) is 13.0 Å². The summed E-state index contributed by atoms with van der Waals surface area (Å²) in [4.78, 5) is 12.0. The molecule has 2 rings (SSSR count). The van der Waals surface area contributed by atoms with Crippen molar-refractivity contribution < 1.29 is 5.11 Å². The molecule has 3 nitrogen and oxygen atoms in total. The summed E-state index contributed by atoms with van der Waals surface area (Å²) in [5.74, 6) is 0.617. The molecule has 0 aliphatic rings. The van der Waals surface area contributed by atoms with E-state index in [-0.39, 0.29) is 12.1 Å². The highest BCUT2D eigenvalue weighted by Crippen LogP contribution is 2.17. The third-order valence-electron chi connectivity index (χ3n) is 3.59. The number of hydrogen-bond acceptors (Lipinski definition) is 2. The Morgan fingerprint density at radius 2 is 1.81 bits per heavy atom. The van der Waals surface area contributed by atoms with Crippen molar-refractivity contribution in [2.24, 2.45) is 5.92 Å². The quantitative estimate of drug-likeness (QED) is 0.917. The summed E-state index contributed by atoms with van der Waals surface area (Å²) >= 11 is 0. The third-order valence-corrected chi connectivity index (χ3v) is 3.59. The van der Waals surface area contributed by atoms with Crippen LogP contribution in [0.4, 0.5) is 0 Å². The number of nitrogens with zero attached hydrogens (tertiary/aromatic N) is 1. The fourth-order valence-corrected chi connectivity index (χ4v) is 2.44. The molecule has 0 radical (unpaired) electrons. The van der Waals surface area contributed by atoms with Gasteiger partial charge in [0.2, 0.25) is 0 Å². The van der Waals surface area contributed by atoms with E-state index in [9.17, 15) is 9.90 Å². The maximum Gasteiger partial charge on any atom is 0.253 e. The Labute approximate surface area is 125 Å². The molecule has 0 aliphatic heterocycles. The van der Waals surface area contributed by atoms with Crippen LogP contribution in [0.2, 0.25) is 0 Å². The van der Waals surface area contributed by atoms with Gasteiger partial charge in [0.1, 0.15) is 0 Å². The van der Waals surface area contributed by atoms with E-state index in [1.165, 1.54) is 5.56 Å². The molecule has 1 aromatic carbocycles. The molecule has 0 bridgehead atoms. The van der Waals surface area contributed by atoms with Gasteiger partial charge in [-0.15, -0.1) is 0 Å². The molecule has 0 fully saturated rings. The molecule has 0 amide bonds. The zero-order chi connectivity index (χ0) is 15.4. The summed E-state index contributed by atoms with van der Waals surface area (Å²) in [6, 6.07) is 11.6. The molecule has 0 spiro atoms. The fourth-order valence-electron chi connectivity index (χ4n) is 2.44. The van der Waals surface area contributed by atoms with E-state index in [1.54, 1.807) is 23.8 Å². The molecule has 21 heavy (non-hydrogen) atoms. The van der Waals surface area contributed by atoms with Crippen LogP contribution in [-0.4, -0.2) is 9.67 Å². The normalized spacial score (nSPS) is 12.6. The lowest BCUT2D eigenvalue weighted by molar-refractivity contribution is 0.155. The molecule has 1 N–H and O–H groups in total. The standard InChI is InChI=1S/C18H23NO2/c1-13(2)11-15-6-8-16(9-7-15)17(20)12-19-10-4-5-14(3)18(19)21/h4-10,13,17,20H,11-12H2,1-3H3. The summed E-state index contributed by atoms with van der Waals surface area (Å²) in [7, 11) is 0. The van der Waals surface area contributed by atoms with E-state index in [4.69, 9.17) is 0 Å². The Kier molecular flexibility index (Phi) is 4.97. The predicted octanol–water partition coefficient (Wildman–Crippen LogP) is 3.09. The van der Waals surface area contributed by atoms with E-state index in [1.807, 2.05) is 18.2 Å². The van der Waals surface area contributed by atoms with Gasteiger partial charge in [-0.3, -0.25) is 4.79 Å². The van der Waals surface area contributed by atoms with E-state index in [0.29, 0.717) is 11.5 Å². The highest BCUT2D eigenvalue weighted by Gasteiger charge is 2.10. The highest BCUT2D eigenvalue weighted by atomic mass is 16.3. The van der Waals surface area contributed by atoms with Gasteiger partial charge >= 0.3 is 0 Å². The highest BCUT2D eigenvalue weighted by molar-refractivity contribution is 5.24. The lowest BCUT2D eigenvalue weighted by Crippen LogP contribution is -2.24. The molecule has 112 valence electrons. The average Bonchev–Trinajstić information content (AvgIpc) is 2.44. The molecule has 1 atom stereocenters. The zero-order valence-corrected chi connectivity index (χ0v) is 12.9. The molecule has 3 heteroatoms. The Hall–Kier alpha value is -1.87. The number of benzene rings is 1. The van der Waals surface area contributed by atoms with Crippen molar-refractivity contribution in [1.82, 2.24) is 4.57 Å². The maximum atomic E-state index is 12.0. The molecule has 0 aliphatic carbocycles. The SMILES string of the molecule is Cc1cccn(CC(O)c2ccc(CC(C)C)cc2)c1=O. The number of aliphatic hydroxyl groups is 1. The second-order valence-electron chi connectivity index (χ2n) is 6.00. The molecule has 1 aromatic heterocycles. The molecular weight excluding hydrogens is 262 g/mol. The van der Waals surface area contributed by atoms with Crippen molar-refractivity contribution in [3.05, 3.63) is 69.6 Å². The van der Waals surface area contributed by atoms with Crippen LogP contribution in [0.15, 0.2) is 47.4 Å². The lowest BCUT2D eigenvalue weighted by Gasteiger charge is -2.14. The first kappa shape index (κ1) is 15.5. The number of aromatic nitrogens is 1. The molecule has 0 saturated carbocycles. The molecule has 0 saturated heterocycles. The first-order chi connectivity index (χ1) is 9.97. The maximum absolute atomic E-state index is 12.0. The number of hydrogen-bond donors (Lipinski definition) is 1. The Morgan fingerprint density at radius 3 is 2.43 bits per heavy atom. The third kappa shape index (κ3) is 4.05. The van der Waals surface area contributed by atoms with E-state index in [0.717, 1.165) is 12.0 Å². The van der Waals surface area contributed by atoms with E-state index in [2.05, 4.69) is 26.0 Å². The summed E-state index contributed by atoms with van der Waals surface area (Å²) in [5, 5.41) is 10.3. The van der Waals surface area contributed by atoms with Crippen molar-refractivity contribution >= 4 is 0 Å². The molecule has 2 aromatic rings. The van der Waals surface area contributed by atoms with Gasteiger partial charge in [-0.1, -0.05) is 44.2 Å². The lowest BCUT2D eigenvalue weighted by atomic mass is 10.0. The van der Waals surface area contributed by atoms with Crippen molar-refractivity contribution in [3.8, 4) is 0 Å². The summed E-state index contributed by atoms with van der Waals surface area (Å²) in [5.41, 5.74) is 2.76. The van der Waals surface area contributed by atoms with Crippen LogP contribution in [0.5, 0.6) is 0 Å². The van der Waals surface area contributed by atoms with Crippen molar-refractivity contribution in [2.75, 3.05) is 0 Å². The van der Waals surface area contributed by atoms with Crippen LogP contribution in [0.1, 0.15) is 36.6 Å². The molecule has 1 heterocycles. The van der Waals surface area contributed by atoms with Crippen molar-refractivity contribution in [3.63, 3.8) is 0 Å². The van der Waals surface area contributed by atoms with Gasteiger partial charge in [0.05, 0.1) is 12.6 Å². The Morgan fingerprint density at radius 1 is 1.14 bits per heavy atom. The van der Waals surface area contributed by atoms with Crippen LogP contribution >= 0.6 is 0 Å². The number of pyridine rings is 1. The average molecular weight is 285 g/mol. The van der Waals surface area contributed by atoms with Gasteiger partial charge in [-0.05, 0) is 36.5 Å².